The number of carbonyl (C=O) groups is 1. The van der Waals surface area contributed by atoms with E-state index in [0.717, 1.165) is 10.0 Å². The van der Waals surface area contributed by atoms with E-state index in [2.05, 4.69) is 26.3 Å². The SMILES string of the molecule is O=C(CCn1cc(Br)cn1)NCc1ccccc1Cl. The molecule has 2 aromatic rings. The van der Waals surface area contributed by atoms with Crippen molar-refractivity contribution in [3.63, 3.8) is 0 Å². The Bertz CT molecular complexity index is 571. The van der Waals surface area contributed by atoms with Crippen LogP contribution in [0.25, 0.3) is 0 Å². The summed E-state index contributed by atoms with van der Waals surface area (Å²) in [5.41, 5.74) is 0.916. The van der Waals surface area contributed by atoms with E-state index >= 15 is 0 Å². The van der Waals surface area contributed by atoms with Gasteiger partial charge < -0.3 is 5.32 Å². The first-order chi connectivity index (χ1) is 9.15. The Hall–Kier alpha value is -1.33. The molecule has 1 amide bonds. The molecule has 0 aliphatic rings. The third-order valence-corrected chi connectivity index (χ3v) is 3.38. The van der Waals surface area contributed by atoms with Crippen molar-refractivity contribution in [3.05, 3.63) is 51.7 Å². The lowest BCUT2D eigenvalue weighted by molar-refractivity contribution is -0.121. The molecule has 0 fully saturated rings. The lowest BCUT2D eigenvalue weighted by atomic mass is 10.2. The molecule has 0 saturated heterocycles. The van der Waals surface area contributed by atoms with Crippen molar-refractivity contribution in [2.45, 2.75) is 19.5 Å². The van der Waals surface area contributed by atoms with Crippen molar-refractivity contribution in [2.75, 3.05) is 0 Å². The summed E-state index contributed by atoms with van der Waals surface area (Å²) >= 11 is 9.32. The maximum Gasteiger partial charge on any atom is 0.222 e. The molecule has 0 saturated carbocycles. The third-order valence-electron chi connectivity index (χ3n) is 2.60. The van der Waals surface area contributed by atoms with Gasteiger partial charge >= 0.3 is 0 Å². The predicted molar refractivity (Wildman–Crippen MR) is 77.8 cm³/mol. The second-order valence-corrected chi connectivity index (χ2v) is 5.36. The van der Waals surface area contributed by atoms with E-state index in [9.17, 15) is 4.79 Å². The Morgan fingerprint density at radius 1 is 1.42 bits per heavy atom. The van der Waals surface area contributed by atoms with E-state index in [1.165, 1.54) is 0 Å². The quantitative estimate of drug-likeness (QED) is 0.908. The molecule has 0 radical (unpaired) electrons. The fourth-order valence-corrected chi connectivity index (χ4v) is 2.13. The number of halogens is 2. The van der Waals surface area contributed by atoms with Gasteiger partial charge in [-0.2, -0.15) is 5.10 Å². The molecule has 2 rings (SSSR count). The van der Waals surface area contributed by atoms with E-state index in [1.54, 1.807) is 10.9 Å². The first kappa shape index (κ1) is 14.1. The van der Waals surface area contributed by atoms with Crippen LogP contribution in [0.3, 0.4) is 0 Å². The molecule has 1 aromatic heterocycles. The van der Waals surface area contributed by atoms with Gasteiger partial charge in [-0.05, 0) is 27.6 Å². The summed E-state index contributed by atoms with van der Waals surface area (Å²) in [5, 5.41) is 7.59. The van der Waals surface area contributed by atoms with Gasteiger partial charge in [0.05, 0.1) is 10.7 Å². The smallest absolute Gasteiger partial charge is 0.222 e. The van der Waals surface area contributed by atoms with Crippen molar-refractivity contribution in [2.24, 2.45) is 0 Å². The molecule has 4 nitrogen and oxygen atoms in total. The van der Waals surface area contributed by atoms with E-state index in [4.69, 9.17) is 11.6 Å². The van der Waals surface area contributed by atoms with Crippen molar-refractivity contribution in [1.82, 2.24) is 15.1 Å². The zero-order valence-electron chi connectivity index (χ0n) is 10.1. The molecular formula is C13H13BrClN3O. The summed E-state index contributed by atoms with van der Waals surface area (Å²) < 4.78 is 2.63. The van der Waals surface area contributed by atoms with Crippen LogP contribution in [0, 0.1) is 0 Å². The number of aromatic nitrogens is 2. The monoisotopic (exact) mass is 341 g/mol. The van der Waals surface area contributed by atoms with Crippen LogP contribution < -0.4 is 5.32 Å². The lowest BCUT2D eigenvalue weighted by Crippen LogP contribution is -2.24. The van der Waals surface area contributed by atoms with Crippen molar-refractivity contribution in [1.29, 1.82) is 0 Å². The lowest BCUT2D eigenvalue weighted by Gasteiger charge is -2.07. The summed E-state index contributed by atoms with van der Waals surface area (Å²) in [6.07, 6.45) is 3.92. The highest BCUT2D eigenvalue weighted by Gasteiger charge is 2.04. The Morgan fingerprint density at radius 3 is 2.89 bits per heavy atom. The van der Waals surface area contributed by atoms with Crippen LogP contribution in [-0.4, -0.2) is 15.7 Å². The van der Waals surface area contributed by atoms with E-state index in [-0.39, 0.29) is 5.91 Å². The van der Waals surface area contributed by atoms with E-state index in [1.807, 2.05) is 30.5 Å². The minimum Gasteiger partial charge on any atom is -0.352 e. The van der Waals surface area contributed by atoms with Crippen LogP contribution in [-0.2, 0) is 17.9 Å². The van der Waals surface area contributed by atoms with Crippen LogP contribution in [0.15, 0.2) is 41.1 Å². The number of benzene rings is 1. The number of carbonyl (C=O) groups excluding carboxylic acids is 1. The number of rotatable bonds is 5. The highest BCUT2D eigenvalue weighted by atomic mass is 79.9. The van der Waals surface area contributed by atoms with Crippen LogP contribution in [0.1, 0.15) is 12.0 Å². The maximum absolute atomic E-state index is 11.7. The van der Waals surface area contributed by atoms with Gasteiger partial charge in [-0.15, -0.1) is 0 Å². The Morgan fingerprint density at radius 2 is 2.21 bits per heavy atom. The highest BCUT2D eigenvalue weighted by molar-refractivity contribution is 9.10. The number of nitrogens with zero attached hydrogens (tertiary/aromatic N) is 2. The molecule has 0 bridgehead atoms. The third kappa shape index (κ3) is 4.36. The highest BCUT2D eigenvalue weighted by Crippen LogP contribution is 2.14. The minimum atomic E-state index is -0.0217. The van der Waals surface area contributed by atoms with Gasteiger partial charge in [0, 0.05) is 30.7 Å². The number of hydrogen-bond acceptors (Lipinski definition) is 2. The fourth-order valence-electron chi connectivity index (χ4n) is 1.60. The zero-order valence-corrected chi connectivity index (χ0v) is 12.5. The molecule has 0 spiro atoms. The Kier molecular flexibility index (Phi) is 4.99. The Labute approximate surface area is 124 Å². The maximum atomic E-state index is 11.7. The summed E-state index contributed by atoms with van der Waals surface area (Å²) in [7, 11) is 0. The first-order valence-corrected chi connectivity index (χ1v) is 7.00. The fraction of sp³-hybridized carbons (Fsp3) is 0.231. The summed E-state index contributed by atoms with van der Waals surface area (Å²) in [6.45, 7) is 1.00. The van der Waals surface area contributed by atoms with Gasteiger partial charge in [0.1, 0.15) is 0 Å². The average molecular weight is 343 g/mol. The van der Waals surface area contributed by atoms with Crippen molar-refractivity contribution < 1.29 is 4.79 Å². The summed E-state index contributed by atoms with van der Waals surface area (Å²) in [5.74, 6) is -0.0217. The standard InChI is InChI=1S/C13H13BrClN3O/c14-11-8-17-18(9-11)6-5-13(19)16-7-10-3-1-2-4-12(10)15/h1-4,8-9H,5-7H2,(H,16,19). The van der Waals surface area contributed by atoms with Gasteiger partial charge in [-0.3, -0.25) is 9.48 Å². The number of hydrogen-bond donors (Lipinski definition) is 1. The Balaban J connectivity index is 1.77. The molecule has 0 aliphatic carbocycles. The van der Waals surface area contributed by atoms with Gasteiger partial charge in [-0.25, -0.2) is 0 Å². The topological polar surface area (TPSA) is 46.9 Å². The minimum absolute atomic E-state index is 0.0217. The predicted octanol–water partition coefficient (Wildman–Crippen LogP) is 3.01. The normalized spacial score (nSPS) is 10.4. The largest absolute Gasteiger partial charge is 0.352 e. The van der Waals surface area contributed by atoms with Gasteiger partial charge in [0.25, 0.3) is 0 Å². The molecule has 19 heavy (non-hydrogen) atoms. The molecule has 0 atom stereocenters. The number of aryl methyl sites for hydroxylation is 1. The van der Waals surface area contributed by atoms with Gasteiger partial charge in [-0.1, -0.05) is 29.8 Å². The van der Waals surface area contributed by atoms with Gasteiger partial charge in [0.2, 0.25) is 5.91 Å². The molecule has 100 valence electrons. The summed E-state index contributed by atoms with van der Waals surface area (Å²) in [6, 6.07) is 7.47. The van der Waals surface area contributed by atoms with Crippen molar-refractivity contribution >= 4 is 33.4 Å². The molecule has 0 aliphatic heterocycles. The molecule has 1 aromatic carbocycles. The van der Waals surface area contributed by atoms with E-state index in [0.29, 0.717) is 24.5 Å². The van der Waals surface area contributed by atoms with Crippen LogP contribution in [0.4, 0.5) is 0 Å². The van der Waals surface area contributed by atoms with E-state index < -0.39 is 0 Å². The van der Waals surface area contributed by atoms with Crippen LogP contribution in [0.2, 0.25) is 5.02 Å². The molecule has 1 N–H and O–H groups in total. The zero-order chi connectivity index (χ0) is 13.7. The van der Waals surface area contributed by atoms with Crippen LogP contribution in [0.5, 0.6) is 0 Å². The summed E-state index contributed by atoms with van der Waals surface area (Å²) in [4.78, 5) is 11.7. The first-order valence-electron chi connectivity index (χ1n) is 5.83. The van der Waals surface area contributed by atoms with Crippen LogP contribution >= 0.6 is 27.5 Å². The molecule has 1 heterocycles. The second kappa shape index (κ2) is 6.73. The molecule has 0 unspecified atom stereocenters. The van der Waals surface area contributed by atoms with Gasteiger partial charge in [0.15, 0.2) is 0 Å². The number of amides is 1. The number of nitrogens with one attached hydrogen (secondary N) is 1. The van der Waals surface area contributed by atoms with Crippen molar-refractivity contribution in [3.8, 4) is 0 Å². The molecular weight excluding hydrogens is 330 g/mol. The average Bonchev–Trinajstić information content (AvgIpc) is 2.81. The second-order valence-electron chi connectivity index (χ2n) is 4.04. The molecule has 6 heteroatoms.